The molecule has 0 atom stereocenters. The fourth-order valence-corrected chi connectivity index (χ4v) is 7.18. The van der Waals surface area contributed by atoms with Gasteiger partial charge in [0.15, 0.2) is 0 Å². The minimum absolute atomic E-state index is 0.0693. The first-order valence-corrected chi connectivity index (χ1v) is 13.8. The summed E-state index contributed by atoms with van der Waals surface area (Å²) in [5.74, 6) is -0.0693. The van der Waals surface area contributed by atoms with Crippen molar-refractivity contribution in [1.82, 2.24) is 9.88 Å². The lowest BCUT2D eigenvalue weighted by atomic mass is 10.0. The van der Waals surface area contributed by atoms with Crippen LogP contribution < -0.4 is 5.32 Å². The van der Waals surface area contributed by atoms with Gasteiger partial charge in [-0.15, -0.1) is 22.7 Å². The number of thiazole rings is 1. The minimum Gasteiger partial charge on any atom is -0.313 e. The Kier molecular flexibility index (Phi) is 6.17. The highest BCUT2D eigenvalue weighted by Crippen LogP contribution is 2.46. The lowest BCUT2D eigenvalue weighted by molar-refractivity contribution is 0.102. The number of hydrogen-bond donors (Lipinski definition) is 1. The molecule has 3 heterocycles. The van der Waals surface area contributed by atoms with Crippen LogP contribution in [0.1, 0.15) is 37.5 Å². The van der Waals surface area contributed by atoms with E-state index in [1.165, 1.54) is 26.3 Å². The number of amides is 1. The van der Waals surface area contributed by atoms with E-state index in [0.29, 0.717) is 5.56 Å². The number of nitrogens with zero attached hydrogens (tertiary/aromatic N) is 2. The van der Waals surface area contributed by atoms with Crippen molar-refractivity contribution in [1.29, 1.82) is 0 Å². The van der Waals surface area contributed by atoms with Crippen LogP contribution in [0.15, 0.2) is 72.8 Å². The zero-order valence-electron chi connectivity index (χ0n) is 20.4. The highest BCUT2D eigenvalue weighted by Gasteiger charge is 2.28. The minimum atomic E-state index is -0.0693. The predicted octanol–water partition coefficient (Wildman–Crippen LogP) is 7.45. The molecule has 6 rings (SSSR count). The van der Waals surface area contributed by atoms with Crippen LogP contribution in [0.2, 0.25) is 0 Å². The van der Waals surface area contributed by atoms with Gasteiger partial charge in [-0.05, 0) is 66.8 Å². The number of carbonyl (C=O) groups excluding carboxylic acids is 1. The van der Waals surface area contributed by atoms with Crippen molar-refractivity contribution in [3.05, 3.63) is 105 Å². The van der Waals surface area contributed by atoms with Gasteiger partial charge in [-0.2, -0.15) is 0 Å². The van der Waals surface area contributed by atoms with Crippen LogP contribution in [0.25, 0.3) is 20.8 Å². The third kappa shape index (κ3) is 4.48. The van der Waals surface area contributed by atoms with Crippen molar-refractivity contribution in [2.24, 2.45) is 0 Å². The first kappa shape index (κ1) is 23.1. The summed E-state index contributed by atoms with van der Waals surface area (Å²) < 4.78 is 1.17. The van der Waals surface area contributed by atoms with Crippen molar-refractivity contribution >= 4 is 43.8 Å². The number of rotatable bonds is 5. The molecule has 0 spiro atoms. The Morgan fingerprint density at radius 2 is 1.78 bits per heavy atom. The number of aromatic nitrogens is 1. The van der Waals surface area contributed by atoms with E-state index < -0.39 is 0 Å². The fraction of sp³-hybridized carbons (Fsp3) is 0.200. The molecule has 0 aliphatic carbocycles. The topological polar surface area (TPSA) is 45.2 Å². The van der Waals surface area contributed by atoms with Crippen LogP contribution in [0.3, 0.4) is 0 Å². The third-order valence-electron chi connectivity index (χ3n) is 6.89. The van der Waals surface area contributed by atoms with Crippen molar-refractivity contribution in [3.63, 3.8) is 0 Å². The monoisotopic (exact) mass is 509 g/mol. The quantitative estimate of drug-likeness (QED) is 0.268. The molecule has 3 aromatic carbocycles. The summed E-state index contributed by atoms with van der Waals surface area (Å²) in [4.78, 5) is 22.1. The zero-order valence-corrected chi connectivity index (χ0v) is 22.0. The Morgan fingerprint density at radius 1 is 0.972 bits per heavy atom. The van der Waals surface area contributed by atoms with Crippen molar-refractivity contribution in [2.45, 2.75) is 33.4 Å². The van der Waals surface area contributed by atoms with E-state index in [1.54, 1.807) is 22.7 Å². The summed E-state index contributed by atoms with van der Waals surface area (Å²) in [6, 6.07) is 24.8. The summed E-state index contributed by atoms with van der Waals surface area (Å²) in [5.41, 5.74) is 7.76. The van der Waals surface area contributed by atoms with E-state index >= 15 is 0 Å². The Balaban J connectivity index is 1.37. The maximum atomic E-state index is 13.3. The van der Waals surface area contributed by atoms with Gasteiger partial charge in [-0.3, -0.25) is 9.69 Å². The summed E-state index contributed by atoms with van der Waals surface area (Å²) in [5, 5.41) is 5.16. The van der Waals surface area contributed by atoms with Gasteiger partial charge in [0.05, 0.1) is 10.2 Å². The van der Waals surface area contributed by atoms with E-state index in [9.17, 15) is 4.79 Å². The Hall–Kier alpha value is -3.32. The number of para-hydroxylation sites is 1. The maximum absolute atomic E-state index is 13.3. The number of hydrogen-bond acceptors (Lipinski definition) is 5. The standard InChI is InChI=1S/C30H27N3OS2/c1-19-12-13-22(16-20(19)2)28(34)32-30-27(29-31-24-10-6-7-11-25(24)35-29)23-14-15-33(18-26(23)36-30)17-21-8-4-3-5-9-21/h3-13,16H,14-15,17-18H2,1-2H3,(H,32,34). The summed E-state index contributed by atoms with van der Waals surface area (Å²) in [6.07, 6.45) is 0.948. The van der Waals surface area contributed by atoms with E-state index in [1.807, 2.05) is 31.2 Å². The molecule has 180 valence electrons. The molecule has 0 fully saturated rings. The van der Waals surface area contributed by atoms with Gasteiger partial charge < -0.3 is 5.32 Å². The third-order valence-corrected chi connectivity index (χ3v) is 9.07. The largest absolute Gasteiger partial charge is 0.313 e. The predicted molar refractivity (Wildman–Crippen MR) is 151 cm³/mol. The first-order chi connectivity index (χ1) is 17.5. The molecule has 5 aromatic rings. The number of benzene rings is 3. The van der Waals surface area contributed by atoms with E-state index in [-0.39, 0.29) is 5.91 Å². The normalized spacial score (nSPS) is 13.6. The molecular weight excluding hydrogens is 482 g/mol. The summed E-state index contributed by atoms with van der Waals surface area (Å²) >= 11 is 3.41. The molecule has 0 saturated carbocycles. The van der Waals surface area contributed by atoms with Crippen LogP contribution >= 0.6 is 22.7 Å². The van der Waals surface area contributed by atoms with Gasteiger partial charge in [0, 0.05) is 35.6 Å². The van der Waals surface area contributed by atoms with Crippen LogP contribution in [0.4, 0.5) is 5.00 Å². The Morgan fingerprint density at radius 3 is 2.58 bits per heavy atom. The second kappa shape index (κ2) is 9.62. The molecule has 4 nitrogen and oxygen atoms in total. The molecule has 36 heavy (non-hydrogen) atoms. The molecular formula is C30H27N3OS2. The van der Waals surface area contributed by atoms with E-state index in [2.05, 4.69) is 65.7 Å². The number of carbonyl (C=O) groups is 1. The van der Waals surface area contributed by atoms with Crippen LogP contribution in [-0.2, 0) is 19.5 Å². The Labute approximate surface area is 219 Å². The average Bonchev–Trinajstić information content (AvgIpc) is 3.46. The molecule has 2 aromatic heterocycles. The van der Waals surface area contributed by atoms with Crippen LogP contribution in [0.5, 0.6) is 0 Å². The molecule has 0 saturated heterocycles. The number of aryl methyl sites for hydroxylation is 2. The lowest BCUT2D eigenvalue weighted by Crippen LogP contribution is -2.29. The van der Waals surface area contributed by atoms with E-state index in [4.69, 9.17) is 4.98 Å². The number of fused-ring (bicyclic) bond motifs is 2. The number of anilines is 1. The van der Waals surface area contributed by atoms with Crippen molar-refractivity contribution in [3.8, 4) is 10.6 Å². The van der Waals surface area contributed by atoms with Crippen LogP contribution in [0, 0.1) is 13.8 Å². The molecule has 6 heteroatoms. The van der Waals surface area contributed by atoms with Gasteiger partial charge >= 0.3 is 0 Å². The average molecular weight is 510 g/mol. The lowest BCUT2D eigenvalue weighted by Gasteiger charge is -2.27. The second-order valence-corrected chi connectivity index (χ2v) is 11.5. The highest BCUT2D eigenvalue weighted by atomic mass is 32.1. The van der Waals surface area contributed by atoms with E-state index in [0.717, 1.165) is 52.7 Å². The number of thiophene rings is 1. The Bertz CT molecular complexity index is 1540. The van der Waals surface area contributed by atoms with Gasteiger partial charge in [0.1, 0.15) is 10.0 Å². The van der Waals surface area contributed by atoms with Crippen LogP contribution in [-0.4, -0.2) is 22.3 Å². The molecule has 1 N–H and O–H groups in total. The highest BCUT2D eigenvalue weighted by molar-refractivity contribution is 7.23. The maximum Gasteiger partial charge on any atom is 0.256 e. The molecule has 1 amide bonds. The van der Waals surface area contributed by atoms with Gasteiger partial charge in [0.25, 0.3) is 5.91 Å². The molecule has 1 aliphatic rings. The van der Waals surface area contributed by atoms with Gasteiger partial charge in [-0.25, -0.2) is 4.98 Å². The van der Waals surface area contributed by atoms with Gasteiger partial charge in [-0.1, -0.05) is 48.5 Å². The summed E-state index contributed by atoms with van der Waals surface area (Å²) in [6.45, 7) is 6.91. The second-order valence-electron chi connectivity index (χ2n) is 9.39. The molecule has 0 unspecified atom stereocenters. The van der Waals surface area contributed by atoms with Gasteiger partial charge in [0.2, 0.25) is 0 Å². The van der Waals surface area contributed by atoms with Crippen molar-refractivity contribution < 1.29 is 4.79 Å². The fourth-order valence-electron chi connectivity index (χ4n) is 4.78. The summed E-state index contributed by atoms with van der Waals surface area (Å²) in [7, 11) is 0. The number of nitrogens with one attached hydrogen (secondary N) is 1. The smallest absolute Gasteiger partial charge is 0.256 e. The SMILES string of the molecule is Cc1ccc(C(=O)Nc2sc3c(c2-c2nc4ccccc4s2)CCN(Cc2ccccc2)C3)cc1C. The molecule has 0 radical (unpaired) electrons. The molecule has 1 aliphatic heterocycles. The molecule has 0 bridgehead atoms. The first-order valence-electron chi connectivity index (χ1n) is 12.2. The van der Waals surface area contributed by atoms with Crippen molar-refractivity contribution in [2.75, 3.05) is 11.9 Å². The zero-order chi connectivity index (χ0) is 24.6.